The molecule has 0 fully saturated rings. The largest absolute Gasteiger partial charge is 0.345 e. The number of carbonyl (C=O) groups is 2. The van der Waals surface area contributed by atoms with Crippen molar-refractivity contribution >= 4 is 28.3 Å². The van der Waals surface area contributed by atoms with Gasteiger partial charge in [0.05, 0.1) is 0 Å². The molecule has 2 N–H and O–H groups in total. The summed E-state index contributed by atoms with van der Waals surface area (Å²) in [5.41, 5.74) is 1.86. The summed E-state index contributed by atoms with van der Waals surface area (Å²) in [7, 11) is 0. The maximum absolute atomic E-state index is 12.2. The lowest BCUT2D eigenvalue weighted by molar-refractivity contribution is -0.126. The smallest absolute Gasteiger partial charge is 0.246 e. The number of benzene rings is 2. The first kappa shape index (κ1) is 16.0. The second kappa shape index (κ2) is 7.07. The Morgan fingerprint density at radius 3 is 2.64 bits per heavy atom. The zero-order valence-corrected chi connectivity index (χ0v) is 13.3. The van der Waals surface area contributed by atoms with E-state index >= 15 is 0 Å². The predicted molar refractivity (Wildman–Crippen MR) is 89.8 cm³/mol. The van der Waals surface area contributed by atoms with Crippen molar-refractivity contribution in [3.63, 3.8) is 0 Å². The topological polar surface area (TPSA) is 58.2 Å². The average Bonchev–Trinajstić information content (AvgIpc) is 2.47. The van der Waals surface area contributed by atoms with Crippen molar-refractivity contribution in [2.45, 2.75) is 39.7 Å². The normalized spacial score (nSPS) is 12.0. The van der Waals surface area contributed by atoms with Crippen molar-refractivity contribution in [1.82, 2.24) is 5.32 Å². The molecule has 0 radical (unpaired) electrons. The molecule has 1 atom stereocenters. The van der Waals surface area contributed by atoms with Gasteiger partial charge in [0.2, 0.25) is 11.8 Å². The highest BCUT2D eigenvalue weighted by Gasteiger charge is 2.15. The molecule has 116 valence electrons. The summed E-state index contributed by atoms with van der Waals surface area (Å²) in [6, 6.07) is 11.4. The van der Waals surface area contributed by atoms with Crippen LogP contribution in [0.25, 0.3) is 10.8 Å². The average molecular weight is 298 g/mol. The van der Waals surface area contributed by atoms with Crippen molar-refractivity contribution in [2.24, 2.45) is 0 Å². The zero-order chi connectivity index (χ0) is 16.1. The van der Waals surface area contributed by atoms with E-state index in [0.717, 1.165) is 23.1 Å². The monoisotopic (exact) mass is 298 g/mol. The molecule has 4 heteroatoms. The van der Waals surface area contributed by atoms with E-state index in [4.69, 9.17) is 0 Å². The van der Waals surface area contributed by atoms with Gasteiger partial charge in [-0.1, -0.05) is 31.2 Å². The summed E-state index contributed by atoms with van der Waals surface area (Å²) in [4.78, 5) is 23.7. The number of amides is 2. The SMILES string of the molecule is CCCC(=O)N[C@@H](C)C(=O)Nc1cc(C)c2ccccc2c1. The molecule has 2 aromatic carbocycles. The highest BCUT2D eigenvalue weighted by molar-refractivity contribution is 5.99. The summed E-state index contributed by atoms with van der Waals surface area (Å²) in [6.45, 7) is 5.64. The summed E-state index contributed by atoms with van der Waals surface area (Å²) in [5.74, 6) is -0.307. The quantitative estimate of drug-likeness (QED) is 0.889. The highest BCUT2D eigenvalue weighted by atomic mass is 16.2. The second-order valence-electron chi connectivity index (χ2n) is 5.54. The maximum atomic E-state index is 12.2. The number of nitrogens with one attached hydrogen (secondary N) is 2. The molecular formula is C18H22N2O2. The fraction of sp³-hybridized carbons (Fsp3) is 0.333. The van der Waals surface area contributed by atoms with E-state index in [1.807, 2.05) is 44.2 Å². The van der Waals surface area contributed by atoms with Crippen LogP contribution in [-0.2, 0) is 9.59 Å². The third-order valence-corrected chi connectivity index (χ3v) is 3.58. The Morgan fingerprint density at radius 2 is 1.91 bits per heavy atom. The van der Waals surface area contributed by atoms with Gasteiger partial charge in [-0.25, -0.2) is 0 Å². The molecule has 22 heavy (non-hydrogen) atoms. The van der Waals surface area contributed by atoms with Gasteiger partial charge in [-0.2, -0.15) is 0 Å². The molecular weight excluding hydrogens is 276 g/mol. The molecule has 4 nitrogen and oxygen atoms in total. The second-order valence-corrected chi connectivity index (χ2v) is 5.54. The van der Waals surface area contributed by atoms with E-state index < -0.39 is 6.04 Å². The van der Waals surface area contributed by atoms with Crippen LogP contribution < -0.4 is 10.6 Å². The number of fused-ring (bicyclic) bond motifs is 1. The molecule has 0 spiro atoms. The Morgan fingerprint density at radius 1 is 1.18 bits per heavy atom. The summed E-state index contributed by atoms with van der Waals surface area (Å²) < 4.78 is 0. The van der Waals surface area contributed by atoms with Crippen LogP contribution in [0.1, 0.15) is 32.3 Å². The van der Waals surface area contributed by atoms with Gasteiger partial charge in [0.15, 0.2) is 0 Å². The van der Waals surface area contributed by atoms with Crippen LogP contribution in [0, 0.1) is 6.92 Å². The van der Waals surface area contributed by atoms with Crippen LogP contribution in [0.4, 0.5) is 5.69 Å². The Balaban J connectivity index is 2.10. The van der Waals surface area contributed by atoms with Gasteiger partial charge in [-0.15, -0.1) is 0 Å². The first-order valence-corrected chi connectivity index (χ1v) is 7.61. The van der Waals surface area contributed by atoms with Crippen LogP contribution in [0.3, 0.4) is 0 Å². The number of rotatable bonds is 5. The molecule has 0 aliphatic rings. The van der Waals surface area contributed by atoms with E-state index in [-0.39, 0.29) is 11.8 Å². The third kappa shape index (κ3) is 3.85. The lowest BCUT2D eigenvalue weighted by Gasteiger charge is -2.15. The molecule has 0 aromatic heterocycles. The van der Waals surface area contributed by atoms with Gasteiger partial charge in [0.25, 0.3) is 0 Å². The summed E-state index contributed by atoms with van der Waals surface area (Å²) in [6.07, 6.45) is 1.21. The van der Waals surface area contributed by atoms with Gasteiger partial charge >= 0.3 is 0 Å². The van der Waals surface area contributed by atoms with Gasteiger partial charge < -0.3 is 10.6 Å². The van der Waals surface area contributed by atoms with E-state index in [1.54, 1.807) is 6.92 Å². The highest BCUT2D eigenvalue weighted by Crippen LogP contribution is 2.23. The van der Waals surface area contributed by atoms with E-state index in [0.29, 0.717) is 6.42 Å². The molecule has 0 saturated heterocycles. The first-order valence-electron chi connectivity index (χ1n) is 7.61. The maximum Gasteiger partial charge on any atom is 0.246 e. The molecule has 2 aromatic rings. The molecule has 0 aliphatic heterocycles. The lowest BCUT2D eigenvalue weighted by atomic mass is 10.0. The van der Waals surface area contributed by atoms with Crippen molar-refractivity contribution in [1.29, 1.82) is 0 Å². The van der Waals surface area contributed by atoms with Gasteiger partial charge in [-0.3, -0.25) is 9.59 Å². The summed E-state index contributed by atoms with van der Waals surface area (Å²) >= 11 is 0. The molecule has 0 heterocycles. The number of hydrogen-bond donors (Lipinski definition) is 2. The Hall–Kier alpha value is -2.36. The minimum atomic E-state index is -0.550. The zero-order valence-electron chi connectivity index (χ0n) is 13.3. The van der Waals surface area contributed by atoms with Gasteiger partial charge in [0, 0.05) is 12.1 Å². The lowest BCUT2D eigenvalue weighted by Crippen LogP contribution is -2.41. The van der Waals surface area contributed by atoms with Gasteiger partial charge in [-0.05, 0) is 48.7 Å². The van der Waals surface area contributed by atoms with E-state index in [1.165, 1.54) is 5.39 Å². The molecule has 0 saturated carbocycles. The Bertz CT molecular complexity index is 695. The fourth-order valence-electron chi connectivity index (χ4n) is 2.43. The van der Waals surface area contributed by atoms with Crippen molar-refractivity contribution in [2.75, 3.05) is 5.32 Å². The van der Waals surface area contributed by atoms with Crippen LogP contribution in [0.5, 0.6) is 0 Å². The third-order valence-electron chi connectivity index (χ3n) is 3.58. The number of aryl methyl sites for hydroxylation is 1. The molecule has 0 aliphatic carbocycles. The first-order chi connectivity index (χ1) is 10.5. The standard InChI is InChI=1S/C18H22N2O2/c1-4-7-17(21)19-13(3)18(22)20-15-10-12(2)16-9-6-5-8-14(16)11-15/h5-6,8-11,13H,4,7H2,1-3H3,(H,19,21)(H,20,22)/t13-/m0/s1. The van der Waals surface area contributed by atoms with Crippen molar-refractivity contribution in [3.8, 4) is 0 Å². The van der Waals surface area contributed by atoms with E-state index in [2.05, 4.69) is 16.7 Å². The number of hydrogen-bond acceptors (Lipinski definition) is 2. The van der Waals surface area contributed by atoms with Crippen LogP contribution in [0.2, 0.25) is 0 Å². The van der Waals surface area contributed by atoms with Crippen molar-refractivity contribution in [3.05, 3.63) is 42.0 Å². The van der Waals surface area contributed by atoms with Crippen LogP contribution in [-0.4, -0.2) is 17.9 Å². The minimum absolute atomic E-state index is 0.0974. The number of carbonyl (C=O) groups excluding carboxylic acids is 2. The molecule has 2 rings (SSSR count). The Labute approximate surface area is 130 Å². The van der Waals surface area contributed by atoms with E-state index in [9.17, 15) is 9.59 Å². The predicted octanol–water partition coefficient (Wildman–Crippen LogP) is 3.39. The fourth-order valence-corrected chi connectivity index (χ4v) is 2.43. The minimum Gasteiger partial charge on any atom is -0.345 e. The van der Waals surface area contributed by atoms with Crippen LogP contribution in [0.15, 0.2) is 36.4 Å². The summed E-state index contributed by atoms with van der Waals surface area (Å²) in [5, 5.41) is 7.82. The Kier molecular flexibility index (Phi) is 5.15. The van der Waals surface area contributed by atoms with Gasteiger partial charge in [0.1, 0.15) is 6.04 Å². The molecule has 0 bridgehead atoms. The molecule has 0 unspecified atom stereocenters. The molecule has 2 amide bonds. The number of anilines is 1. The van der Waals surface area contributed by atoms with Crippen molar-refractivity contribution < 1.29 is 9.59 Å². The van der Waals surface area contributed by atoms with Crippen LogP contribution >= 0.6 is 0 Å².